The van der Waals surface area contributed by atoms with Crippen molar-refractivity contribution in [2.45, 2.75) is 13.8 Å². The molecule has 1 heterocycles. The maximum absolute atomic E-state index is 12.6. The average Bonchev–Trinajstić information content (AvgIpc) is 3.05. The highest BCUT2D eigenvalue weighted by atomic mass is 16.3. The zero-order valence-corrected chi connectivity index (χ0v) is 14.6. The number of carbonyl (C=O) groups is 1. The van der Waals surface area contributed by atoms with E-state index in [9.17, 15) is 4.79 Å². The molecule has 0 fully saturated rings. The lowest BCUT2D eigenvalue weighted by Crippen LogP contribution is -2.12. The molecule has 4 aromatic rings. The van der Waals surface area contributed by atoms with E-state index in [1.165, 1.54) is 0 Å². The molecule has 1 N–H and O–H groups in total. The van der Waals surface area contributed by atoms with Gasteiger partial charge in [0, 0.05) is 16.8 Å². The van der Waals surface area contributed by atoms with E-state index in [1.807, 2.05) is 80.6 Å². The van der Waals surface area contributed by atoms with Gasteiger partial charge in [-0.3, -0.25) is 4.79 Å². The van der Waals surface area contributed by atoms with Crippen molar-refractivity contribution < 1.29 is 9.21 Å². The van der Waals surface area contributed by atoms with Gasteiger partial charge in [-0.15, -0.1) is 0 Å². The molecule has 0 aliphatic heterocycles. The van der Waals surface area contributed by atoms with Crippen LogP contribution in [0.2, 0.25) is 0 Å². The van der Waals surface area contributed by atoms with Crippen molar-refractivity contribution in [2.24, 2.45) is 0 Å². The molecule has 4 heteroatoms. The van der Waals surface area contributed by atoms with Crippen LogP contribution in [-0.4, -0.2) is 10.9 Å². The molecule has 0 spiro atoms. The number of nitrogens with zero attached hydrogens (tertiary/aromatic N) is 1. The lowest BCUT2D eigenvalue weighted by molar-refractivity contribution is 0.102. The SMILES string of the molecule is Cc1cc(C)cc(C(=O)Nc2cccc(-c3nc4ccccc4o3)c2)c1. The average molecular weight is 342 g/mol. The highest BCUT2D eigenvalue weighted by Gasteiger charge is 2.11. The lowest BCUT2D eigenvalue weighted by atomic mass is 10.1. The molecule has 0 unspecified atom stereocenters. The maximum atomic E-state index is 12.6. The second-order valence-electron chi connectivity index (χ2n) is 6.40. The Bertz CT molecular complexity index is 1060. The first-order chi connectivity index (χ1) is 12.6. The van der Waals surface area contributed by atoms with Gasteiger partial charge in [0.15, 0.2) is 5.58 Å². The van der Waals surface area contributed by atoms with Crippen LogP contribution in [0.4, 0.5) is 5.69 Å². The number of benzene rings is 3. The number of rotatable bonds is 3. The van der Waals surface area contributed by atoms with Gasteiger partial charge in [0.25, 0.3) is 5.91 Å². The summed E-state index contributed by atoms with van der Waals surface area (Å²) >= 11 is 0. The van der Waals surface area contributed by atoms with Gasteiger partial charge in [-0.2, -0.15) is 0 Å². The van der Waals surface area contributed by atoms with Crippen molar-refractivity contribution in [3.63, 3.8) is 0 Å². The first-order valence-corrected chi connectivity index (χ1v) is 8.44. The van der Waals surface area contributed by atoms with Crippen LogP contribution in [0.15, 0.2) is 71.1 Å². The number of oxazole rings is 1. The fourth-order valence-electron chi connectivity index (χ4n) is 3.03. The van der Waals surface area contributed by atoms with Crippen molar-refractivity contribution in [3.8, 4) is 11.5 Å². The summed E-state index contributed by atoms with van der Waals surface area (Å²) in [6.45, 7) is 3.97. The van der Waals surface area contributed by atoms with Gasteiger partial charge in [-0.05, 0) is 56.3 Å². The number of amides is 1. The summed E-state index contributed by atoms with van der Waals surface area (Å²) < 4.78 is 5.81. The van der Waals surface area contributed by atoms with Crippen LogP contribution in [0.3, 0.4) is 0 Å². The number of anilines is 1. The Kier molecular flexibility index (Phi) is 4.01. The number of nitrogens with one attached hydrogen (secondary N) is 1. The molecule has 26 heavy (non-hydrogen) atoms. The van der Waals surface area contributed by atoms with Crippen molar-refractivity contribution in [1.29, 1.82) is 0 Å². The predicted octanol–water partition coefficient (Wildman–Crippen LogP) is 5.36. The summed E-state index contributed by atoms with van der Waals surface area (Å²) in [6.07, 6.45) is 0. The number of para-hydroxylation sites is 2. The third-order valence-corrected chi connectivity index (χ3v) is 4.15. The molecule has 4 rings (SSSR count). The van der Waals surface area contributed by atoms with Gasteiger partial charge < -0.3 is 9.73 Å². The molecule has 3 aromatic carbocycles. The Morgan fingerprint density at radius 3 is 2.46 bits per heavy atom. The van der Waals surface area contributed by atoms with E-state index in [4.69, 9.17) is 4.42 Å². The zero-order chi connectivity index (χ0) is 18.1. The highest BCUT2D eigenvalue weighted by Crippen LogP contribution is 2.26. The van der Waals surface area contributed by atoms with Crippen molar-refractivity contribution in [2.75, 3.05) is 5.32 Å². The minimum atomic E-state index is -0.133. The van der Waals surface area contributed by atoms with E-state index >= 15 is 0 Å². The van der Waals surface area contributed by atoms with Gasteiger partial charge in [0.1, 0.15) is 5.52 Å². The standard InChI is InChI=1S/C22H18N2O2/c1-14-10-15(2)12-17(11-14)21(25)23-18-7-5-6-16(13-18)22-24-19-8-3-4-9-20(19)26-22/h3-13H,1-2H3,(H,23,25). The number of fused-ring (bicyclic) bond motifs is 1. The first kappa shape index (κ1) is 16.1. The largest absolute Gasteiger partial charge is 0.436 e. The summed E-state index contributed by atoms with van der Waals surface area (Å²) in [7, 11) is 0. The van der Waals surface area contributed by atoms with E-state index in [2.05, 4.69) is 10.3 Å². The quantitative estimate of drug-likeness (QED) is 0.545. The summed E-state index contributed by atoms with van der Waals surface area (Å²) in [5, 5.41) is 2.95. The second-order valence-corrected chi connectivity index (χ2v) is 6.40. The Labute approximate surface area is 151 Å². The van der Waals surface area contributed by atoms with Gasteiger partial charge >= 0.3 is 0 Å². The monoisotopic (exact) mass is 342 g/mol. The van der Waals surface area contributed by atoms with Crippen LogP contribution in [0.5, 0.6) is 0 Å². The molecule has 4 nitrogen and oxygen atoms in total. The summed E-state index contributed by atoms with van der Waals surface area (Å²) in [6, 6.07) is 21.0. The van der Waals surface area contributed by atoms with Crippen LogP contribution < -0.4 is 5.32 Å². The van der Waals surface area contributed by atoms with Crippen molar-refractivity contribution in [3.05, 3.63) is 83.4 Å². The topological polar surface area (TPSA) is 55.1 Å². The molecule has 0 saturated heterocycles. The van der Waals surface area contributed by atoms with Crippen LogP contribution in [0.25, 0.3) is 22.6 Å². The third kappa shape index (κ3) is 3.22. The number of carbonyl (C=O) groups excluding carboxylic acids is 1. The van der Waals surface area contributed by atoms with Gasteiger partial charge in [-0.1, -0.05) is 35.4 Å². The first-order valence-electron chi connectivity index (χ1n) is 8.44. The van der Waals surface area contributed by atoms with E-state index in [0.717, 1.165) is 27.8 Å². The third-order valence-electron chi connectivity index (χ3n) is 4.15. The molecule has 128 valence electrons. The van der Waals surface area contributed by atoms with E-state index in [-0.39, 0.29) is 5.91 Å². The number of hydrogen-bond acceptors (Lipinski definition) is 3. The molecule has 0 bridgehead atoms. The molecule has 0 aliphatic rings. The number of aromatic nitrogens is 1. The fourth-order valence-corrected chi connectivity index (χ4v) is 3.03. The summed E-state index contributed by atoms with van der Waals surface area (Å²) in [5.41, 5.74) is 5.85. The molecular weight excluding hydrogens is 324 g/mol. The smallest absolute Gasteiger partial charge is 0.255 e. The molecule has 1 aromatic heterocycles. The fraction of sp³-hybridized carbons (Fsp3) is 0.0909. The lowest BCUT2D eigenvalue weighted by Gasteiger charge is -2.08. The van der Waals surface area contributed by atoms with Crippen LogP contribution in [-0.2, 0) is 0 Å². The minimum Gasteiger partial charge on any atom is -0.436 e. The van der Waals surface area contributed by atoms with Gasteiger partial charge in [-0.25, -0.2) is 4.98 Å². The number of aryl methyl sites for hydroxylation is 2. The van der Waals surface area contributed by atoms with Gasteiger partial charge in [0.05, 0.1) is 0 Å². The second kappa shape index (κ2) is 6.48. The predicted molar refractivity (Wildman–Crippen MR) is 103 cm³/mol. The Hall–Kier alpha value is -3.40. The van der Waals surface area contributed by atoms with Gasteiger partial charge in [0.2, 0.25) is 5.89 Å². The van der Waals surface area contributed by atoms with Crippen molar-refractivity contribution >= 4 is 22.7 Å². The van der Waals surface area contributed by atoms with Crippen LogP contribution >= 0.6 is 0 Å². The Morgan fingerprint density at radius 1 is 0.923 bits per heavy atom. The zero-order valence-electron chi connectivity index (χ0n) is 14.6. The molecule has 0 radical (unpaired) electrons. The van der Waals surface area contributed by atoms with E-state index in [1.54, 1.807) is 0 Å². The molecule has 0 aliphatic carbocycles. The highest BCUT2D eigenvalue weighted by molar-refractivity contribution is 6.04. The van der Waals surface area contributed by atoms with E-state index < -0.39 is 0 Å². The van der Waals surface area contributed by atoms with E-state index in [0.29, 0.717) is 17.1 Å². The molecular formula is C22H18N2O2. The molecule has 0 saturated carbocycles. The van der Waals surface area contributed by atoms with Crippen LogP contribution in [0.1, 0.15) is 21.5 Å². The van der Waals surface area contributed by atoms with Crippen molar-refractivity contribution in [1.82, 2.24) is 4.98 Å². The Morgan fingerprint density at radius 2 is 1.69 bits per heavy atom. The van der Waals surface area contributed by atoms with Crippen LogP contribution in [0, 0.1) is 13.8 Å². The Balaban J connectivity index is 1.62. The number of hydrogen-bond donors (Lipinski definition) is 1. The normalized spacial score (nSPS) is 10.8. The minimum absolute atomic E-state index is 0.133. The summed E-state index contributed by atoms with van der Waals surface area (Å²) in [5.74, 6) is 0.403. The molecule has 1 amide bonds. The maximum Gasteiger partial charge on any atom is 0.255 e. The summed E-state index contributed by atoms with van der Waals surface area (Å²) in [4.78, 5) is 17.1. The molecule has 0 atom stereocenters.